The molecule has 0 bridgehead atoms. The molecule has 1 saturated heterocycles. The van der Waals surface area contributed by atoms with Gasteiger partial charge in [-0.25, -0.2) is 10.8 Å². The first-order valence-corrected chi connectivity index (χ1v) is 6.72. The van der Waals surface area contributed by atoms with Crippen LogP contribution in [0.5, 0.6) is 0 Å². The number of nitrogens with two attached hydrogens (primary N) is 1. The number of hydrogen-bond acceptors (Lipinski definition) is 5. The van der Waals surface area contributed by atoms with Crippen molar-refractivity contribution < 1.29 is 4.79 Å². The minimum Gasteiger partial charge on any atom is -0.294 e. The third kappa shape index (κ3) is 3.02. The lowest BCUT2D eigenvalue weighted by Gasteiger charge is -2.32. The van der Waals surface area contributed by atoms with Crippen LogP contribution in [0.3, 0.4) is 0 Å². The van der Waals surface area contributed by atoms with Crippen LogP contribution in [0.2, 0.25) is 0 Å². The maximum absolute atomic E-state index is 11.3. The molecular weight excluding hydrogens is 236 g/mol. The Kier molecular flexibility index (Phi) is 4.09. The van der Waals surface area contributed by atoms with Gasteiger partial charge >= 0.3 is 0 Å². The highest BCUT2D eigenvalue weighted by atomic mass is 32.1. The van der Waals surface area contributed by atoms with Gasteiger partial charge in [-0.3, -0.25) is 15.1 Å². The van der Waals surface area contributed by atoms with Gasteiger partial charge in [0, 0.05) is 6.04 Å². The Morgan fingerprint density at radius 2 is 2.53 bits per heavy atom. The fraction of sp³-hybridized carbons (Fsp3) is 0.636. The van der Waals surface area contributed by atoms with Gasteiger partial charge in [0.25, 0.3) is 5.91 Å². The Morgan fingerprint density at radius 1 is 1.71 bits per heavy atom. The highest BCUT2D eigenvalue weighted by Gasteiger charge is 2.19. The smallest absolute Gasteiger partial charge is 0.276 e. The number of carbonyl (C=O) groups excluding carboxylic acids is 1. The van der Waals surface area contributed by atoms with Crippen molar-refractivity contribution in [3.05, 3.63) is 16.1 Å². The van der Waals surface area contributed by atoms with Gasteiger partial charge < -0.3 is 0 Å². The van der Waals surface area contributed by atoms with Crippen LogP contribution >= 0.6 is 11.3 Å². The third-order valence-electron chi connectivity index (χ3n) is 3.19. The van der Waals surface area contributed by atoms with Crippen molar-refractivity contribution in [1.82, 2.24) is 15.3 Å². The molecule has 0 aromatic carbocycles. The number of rotatable bonds is 3. The van der Waals surface area contributed by atoms with Crippen molar-refractivity contribution in [2.24, 2.45) is 5.84 Å². The summed E-state index contributed by atoms with van der Waals surface area (Å²) in [5.74, 6) is 4.83. The molecule has 1 aromatic heterocycles. The molecule has 17 heavy (non-hydrogen) atoms. The highest BCUT2D eigenvalue weighted by Crippen LogP contribution is 2.21. The molecule has 1 aromatic rings. The van der Waals surface area contributed by atoms with Crippen molar-refractivity contribution in [3.8, 4) is 0 Å². The molecule has 1 unspecified atom stereocenters. The molecule has 6 heteroatoms. The van der Waals surface area contributed by atoms with E-state index in [4.69, 9.17) is 5.84 Å². The van der Waals surface area contributed by atoms with Crippen LogP contribution in [0.4, 0.5) is 0 Å². The first kappa shape index (κ1) is 12.5. The van der Waals surface area contributed by atoms with Crippen molar-refractivity contribution in [2.75, 3.05) is 6.54 Å². The normalized spacial score (nSPS) is 21.4. The number of hydrazine groups is 1. The molecule has 1 aliphatic heterocycles. The number of likely N-dealkylation sites (tertiary alicyclic amines) is 1. The molecule has 1 atom stereocenters. The summed E-state index contributed by atoms with van der Waals surface area (Å²) in [4.78, 5) is 18.6. The van der Waals surface area contributed by atoms with Gasteiger partial charge in [0.05, 0.1) is 12.7 Å². The molecule has 0 aliphatic carbocycles. The van der Waals surface area contributed by atoms with E-state index in [9.17, 15) is 4.79 Å². The van der Waals surface area contributed by atoms with Crippen LogP contribution in [0.15, 0.2) is 6.20 Å². The summed E-state index contributed by atoms with van der Waals surface area (Å²) in [6.45, 7) is 4.21. The predicted molar refractivity (Wildman–Crippen MR) is 67.5 cm³/mol. The fourth-order valence-corrected chi connectivity index (χ4v) is 2.97. The number of amides is 1. The molecule has 0 radical (unpaired) electrons. The quantitative estimate of drug-likeness (QED) is 0.482. The van der Waals surface area contributed by atoms with E-state index < -0.39 is 0 Å². The summed E-state index contributed by atoms with van der Waals surface area (Å²) in [6.07, 6.45) is 5.42. The lowest BCUT2D eigenvalue weighted by atomic mass is 10.0. The van der Waals surface area contributed by atoms with Gasteiger partial charge in [0.15, 0.2) is 0 Å². The Morgan fingerprint density at radius 3 is 3.24 bits per heavy atom. The standard InChI is InChI=1S/C11H18N4OS/c1-8-4-2-3-5-15(8)7-10-13-6-9(17-10)11(16)14-12/h6,8H,2-5,7,12H2,1H3,(H,14,16). The first-order valence-electron chi connectivity index (χ1n) is 5.90. The molecule has 0 saturated carbocycles. The molecule has 1 aliphatic rings. The second kappa shape index (κ2) is 5.57. The zero-order chi connectivity index (χ0) is 12.3. The lowest BCUT2D eigenvalue weighted by molar-refractivity contribution is 0.0957. The summed E-state index contributed by atoms with van der Waals surface area (Å²) in [5.41, 5.74) is 2.12. The predicted octanol–water partition coefficient (Wildman–Crippen LogP) is 1.12. The number of piperidine rings is 1. The SMILES string of the molecule is CC1CCCCN1Cc1ncc(C(=O)NN)s1. The summed E-state index contributed by atoms with van der Waals surface area (Å²) < 4.78 is 0. The van der Waals surface area contributed by atoms with Crippen molar-refractivity contribution in [3.63, 3.8) is 0 Å². The van der Waals surface area contributed by atoms with E-state index in [0.29, 0.717) is 10.9 Å². The van der Waals surface area contributed by atoms with Crippen LogP contribution in [-0.4, -0.2) is 28.4 Å². The number of nitrogen functional groups attached to an aromatic ring is 1. The molecule has 1 fully saturated rings. The second-order valence-electron chi connectivity index (χ2n) is 4.41. The van der Waals surface area contributed by atoms with Gasteiger partial charge in [-0.15, -0.1) is 11.3 Å². The summed E-state index contributed by atoms with van der Waals surface area (Å²) in [6, 6.07) is 0.611. The van der Waals surface area contributed by atoms with E-state index in [2.05, 4.69) is 22.2 Å². The van der Waals surface area contributed by atoms with E-state index in [1.807, 2.05) is 0 Å². The number of nitrogens with zero attached hydrogens (tertiary/aromatic N) is 2. The van der Waals surface area contributed by atoms with E-state index in [-0.39, 0.29) is 5.91 Å². The van der Waals surface area contributed by atoms with Crippen LogP contribution in [0.1, 0.15) is 40.9 Å². The minimum atomic E-state index is -0.263. The zero-order valence-electron chi connectivity index (χ0n) is 9.98. The number of thiazole rings is 1. The highest BCUT2D eigenvalue weighted by molar-refractivity contribution is 7.13. The average molecular weight is 254 g/mol. The van der Waals surface area contributed by atoms with E-state index >= 15 is 0 Å². The maximum atomic E-state index is 11.3. The van der Waals surface area contributed by atoms with E-state index in [1.54, 1.807) is 6.20 Å². The molecule has 94 valence electrons. The molecule has 1 amide bonds. The van der Waals surface area contributed by atoms with Crippen molar-refractivity contribution in [1.29, 1.82) is 0 Å². The summed E-state index contributed by atoms with van der Waals surface area (Å²) >= 11 is 1.42. The lowest BCUT2D eigenvalue weighted by Crippen LogP contribution is -2.36. The molecule has 2 heterocycles. The number of nitrogens with one attached hydrogen (secondary N) is 1. The summed E-state index contributed by atoms with van der Waals surface area (Å²) in [5, 5.41) is 0.984. The van der Waals surface area contributed by atoms with Crippen LogP contribution in [0.25, 0.3) is 0 Å². The second-order valence-corrected chi connectivity index (χ2v) is 5.52. The van der Waals surface area contributed by atoms with Gasteiger partial charge in [0.2, 0.25) is 0 Å². The van der Waals surface area contributed by atoms with Gasteiger partial charge in [-0.1, -0.05) is 6.42 Å². The van der Waals surface area contributed by atoms with Crippen LogP contribution in [-0.2, 0) is 6.54 Å². The molecule has 5 nitrogen and oxygen atoms in total. The number of carbonyl (C=O) groups is 1. The van der Waals surface area contributed by atoms with Crippen LogP contribution in [0, 0.1) is 0 Å². The largest absolute Gasteiger partial charge is 0.294 e. The molecule has 3 N–H and O–H groups in total. The monoisotopic (exact) mass is 254 g/mol. The molecular formula is C11H18N4OS. The third-order valence-corrected chi connectivity index (χ3v) is 4.17. The Hall–Kier alpha value is -0.980. The minimum absolute atomic E-state index is 0.263. The molecule has 2 rings (SSSR count). The number of aromatic nitrogens is 1. The van der Waals surface area contributed by atoms with Crippen molar-refractivity contribution >= 4 is 17.2 Å². The molecule has 0 spiro atoms. The van der Waals surface area contributed by atoms with Crippen LogP contribution < -0.4 is 11.3 Å². The van der Waals surface area contributed by atoms with Gasteiger partial charge in [-0.05, 0) is 26.3 Å². The average Bonchev–Trinajstić information content (AvgIpc) is 2.80. The fourth-order valence-electron chi connectivity index (χ4n) is 2.13. The van der Waals surface area contributed by atoms with Gasteiger partial charge in [-0.2, -0.15) is 0 Å². The Bertz CT molecular complexity index is 393. The van der Waals surface area contributed by atoms with E-state index in [1.165, 1.54) is 30.6 Å². The Labute approximate surface area is 105 Å². The Balaban J connectivity index is 1.98. The van der Waals surface area contributed by atoms with Gasteiger partial charge in [0.1, 0.15) is 9.88 Å². The maximum Gasteiger partial charge on any atom is 0.276 e. The first-order chi connectivity index (χ1) is 8.20. The number of hydrogen-bond donors (Lipinski definition) is 2. The van der Waals surface area contributed by atoms with E-state index in [0.717, 1.165) is 18.1 Å². The topological polar surface area (TPSA) is 71.2 Å². The van der Waals surface area contributed by atoms with Crippen molar-refractivity contribution in [2.45, 2.75) is 38.8 Å². The summed E-state index contributed by atoms with van der Waals surface area (Å²) in [7, 11) is 0. The zero-order valence-corrected chi connectivity index (χ0v) is 10.8.